The molecule has 0 spiro atoms. The number of nitrogens with zero attached hydrogens (tertiary/aromatic N) is 1. The number of H-pyrrole nitrogens is 1. The molecule has 5 heteroatoms. The predicted octanol–water partition coefficient (Wildman–Crippen LogP) is 3.76. The highest BCUT2D eigenvalue weighted by atomic mass is 16.1. The van der Waals surface area contributed by atoms with Crippen LogP contribution < -0.4 is 10.6 Å². The number of hydrogen-bond donors (Lipinski definition) is 3. The van der Waals surface area contributed by atoms with Crippen molar-refractivity contribution in [2.75, 3.05) is 18.4 Å². The van der Waals surface area contributed by atoms with Gasteiger partial charge in [0, 0.05) is 28.4 Å². The first-order valence-corrected chi connectivity index (χ1v) is 8.88. The molecule has 1 aliphatic rings. The third kappa shape index (κ3) is 3.19. The van der Waals surface area contributed by atoms with Gasteiger partial charge in [0.15, 0.2) is 0 Å². The quantitative estimate of drug-likeness (QED) is 0.677. The van der Waals surface area contributed by atoms with E-state index in [1.54, 1.807) is 24.3 Å². The lowest BCUT2D eigenvalue weighted by Gasteiger charge is -2.22. The van der Waals surface area contributed by atoms with Crippen molar-refractivity contribution in [2.24, 2.45) is 0 Å². The Bertz CT molecular complexity index is 993. The fourth-order valence-corrected chi connectivity index (χ4v) is 3.62. The summed E-state index contributed by atoms with van der Waals surface area (Å²) in [5.74, 6) is 0.337. The lowest BCUT2D eigenvalue weighted by atomic mass is 9.90. The van der Waals surface area contributed by atoms with E-state index in [4.69, 9.17) is 5.26 Å². The van der Waals surface area contributed by atoms with E-state index in [-0.39, 0.29) is 5.91 Å². The number of benzene rings is 2. The summed E-state index contributed by atoms with van der Waals surface area (Å²) >= 11 is 0. The third-order valence-corrected chi connectivity index (χ3v) is 5.00. The Labute approximate surface area is 152 Å². The van der Waals surface area contributed by atoms with Gasteiger partial charge >= 0.3 is 0 Å². The number of fused-ring (bicyclic) bond motifs is 1. The highest BCUT2D eigenvalue weighted by molar-refractivity contribution is 6.05. The van der Waals surface area contributed by atoms with E-state index in [0.717, 1.165) is 37.1 Å². The summed E-state index contributed by atoms with van der Waals surface area (Å²) in [6.07, 6.45) is 4.36. The largest absolute Gasteiger partial charge is 0.361 e. The molecule has 3 aromatic rings. The van der Waals surface area contributed by atoms with Crippen molar-refractivity contribution < 1.29 is 4.79 Å². The smallest absolute Gasteiger partial charge is 0.255 e. The minimum absolute atomic E-state index is 0.208. The molecular formula is C21H20N4O. The molecular weight excluding hydrogens is 324 g/mol. The van der Waals surface area contributed by atoms with E-state index in [1.807, 2.05) is 18.2 Å². The maximum absolute atomic E-state index is 12.5. The number of rotatable bonds is 3. The second kappa shape index (κ2) is 7.03. The highest BCUT2D eigenvalue weighted by Gasteiger charge is 2.19. The average Bonchev–Trinajstić information content (AvgIpc) is 3.12. The van der Waals surface area contributed by atoms with Crippen molar-refractivity contribution in [1.29, 1.82) is 5.26 Å². The van der Waals surface area contributed by atoms with Gasteiger partial charge in [0.2, 0.25) is 0 Å². The Morgan fingerprint density at radius 1 is 1.15 bits per heavy atom. The second-order valence-corrected chi connectivity index (χ2v) is 6.68. The second-order valence-electron chi connectivity index (χ2n) is 6.68. The summed E-state index contributed by atoms with van der Waals surface area (Å²) in [6, 6.07) is 14.7. The molecule has 1 aliphatic heterocycles. The normalized spacial score (nSPS) is 14.9. The molecule has 0 radical (unpaired) electrons. The van der Waals surface area contributed by atoms with Crippen LogP contribution in [-0.4, -0.2) is 24.0 Å². The van der Waals surface area contributed by atoms with E-state index in [2.05, 4.69) is 27.9 Å². The van der Waals surface area contributed by atoms with E-state index in [0.29, 0.717) is 17.0 Å². The molecule has 130 valence electrons. The Morgan fingerprint density at radius 2 is 2.00 bits per heavy atom. The minimum Gasteiger partial charge on any atom is -0.361 e. The number of hydrogen-bond acceptors (Lipinski definition) is 3. The van der Waals surface area contributed by atoms with Crippen LogP contribution in [0.2, 0.25) is 0 Å². The van der Waals surface area contributed by atoms with Crippen LogP contribution >= 0.6 is 0 Å². The molecule has 3 N–H and O–H groups in total. The molecule has 1 aromatic heterocycles. The van der Waals surface area contributed by atoms with Crippen LogP contribution in [0.1, 0.15) is 40.2 Å². The fraction of sp³-hybridized carbons (Fsp3) is 0.238. The van der Waals surface area contributed by atoms with Crippen molar-refractivity contribution in [3.05, 3.63) is 65.4 Å². The van der Waals surface area contributed by atoms with Gasteiger partial charge in [-0.3, -0.25) is 4.79 Å². The first-order valence-electron chi connectivity index (χ1n) is 8.88. The van der Waals surface area contributed by atoms with E-state index >= 15 is 0 Å². The number of amides is 1. The van der Waals surface area contributed by atoms with Gasteiger partial charge in [0.25, 0.3) is 5.91 Å². The monoisotopic (exact) mass is 344 g/mol. The Kier molecular flexibility index (Phi) is 4.42. The molecule has 1 amide bonds. The molecule has 0 aliphatic carbocycles. The van der Waals surface area contributed by atoms with Crippen LogP contribution in [0.5, 0.6) is 0 Å². The first kappa shape index (κ1) is 16.4. The van der Waals surface area contributed by atoms with Crippen LogP contribution in [0.25, 0.3) is 10.9 Å². The summed E-state index contributed by atoms with van der Waals surface area (Å²) in [6.45, 7) is 2.09. The number of aromatic amines is 1. The minimum atomic E-state index is -0.208. The zero-order valence-corrected chi connectivity index (χ0v) is 14.4. The molecule has 0 atom stereocenters. The Balaban J connectivity index is 1.60. The molecule has 2 heterocycles. The lowest BCUT2D eigenvalue weighted by molar-refractivity contribution is 0.102. The van der Waals surface area contributed by atoms with Crippen molar-refractivity contribution in [3.8, 4) is 6.07 Å². The Morgan fingerprint density at radius 3 is 2.81 bits per heavy atom. The topological polar surface area (TPSA) is 80.7 Å². The maximum atomic E-state index is 12.5. The summed E-state index contributed by atoms with van der Waals surface area (Å²) in [5.41, 5.74) is 4.13. The van der Waals surface area contributed by atoms with Gasteiger partial charge in [-0.15, -0.1) is 0 Å². The number of piperidine rings is 1. The average molecular weight is 344 g/mol. The number of carbonyl (C=O) groups is 1. The van der Waals surface area contributed by atoms with Gasteiger partial charge < -0.3 is 15.6 Å². The lowest BCUT2D eigenvalue weighted by Crippen LogP contribution is -2.26. The van der Waals surface area contributed by atoms with Gasteiger partial charge in [0.05, 0.1) is 11.6 Å². The predicted molar refractivity (Wildman–Crippen MR) is 102 cm³/mol. The number of aromatic nitrogens is 1. The molecule has 4 rings (SSSR count). The van der Waals surface area contributed by atoms with Crippen LogP contribution in [0, 0.1) is 11.3 Å². The Hall–Kier alpha value is -3.10. The summed E-state index contributed by atoms with van der Waals surface area (Å²) < 4.78 is 0. The van der Waals surface area contributed by atoms with Gasteiger partial charge in [-0.05, 0) is 73.8 Å². The molecule has 0 unspecified atom stereocenters. The zero-order chi connectivity index (χ0) is 17.9. The van der Waals surface area contributed by atoms with Crippen LogP contribution in [0.3, 0.4) is 0 Å². The zero-order valence-electron chi connectivity index (χ0n) is 14.4. The van der Waals surface area contributed by atoms with Crippen LogP contribution in [0.15, 0.2) is 48.7 Å². The van der Waals surface area contributed by atoms with Crippen molar-refractivity contribution in [3.63, 3.8) is 0 Å². The number of nitriles is 1. The van der Waals surface area contributed by atoms with E-state index < -0.39 is 0 Å². The molecule has 1 fully saturated rings. The summed E-state index contributed by atoms with van der Waals surface area (Å²) in [4.78, 5) is 15.9. The third-order valence-electron chi connectivity index (χ3n) is 5.00. The molecule has 26 heavy (non-hydrogen) atoms. The molecule has 2 aromatic carbocycles. The molecule has 0 saturated carbocycles. The van der Waals surface area contributed by atoms with E-state index in [1.165, 1.54) is 10.9 Å². The fourth-order valence-electron chi connectivity index (χ4n) is 3.62. The first-order chi connectivity index (χ1) is 12.7. The molecule has 1 saturated heterocycles. The molecule has 5 nitrogen and oxygen atoms in total. The maximum Gasteiger partial charge on any atom is 0.255 e. The number of carbonyl (C=O) groups excluding carboxylic acids is 1. The highest BCUT2D eigenvalue weighted by Crippen LogP contribution is 2.32. The molecule has 0 bridgehead atoms. The number of anilines is 1. The van der Waals surface area contributed by atoms with Gasteiger partial charge in [-0.1, -0.05) is 6.07 Å². The standard InChI is InChI=1S/C21H20N4O/c22-12-14-2-1-3-16(10-14)21(26)25-17-4-5-20-18(11-17)19(13-24-20)15-6-8-23-9-7-15/h1-5,10-11,13,15,23-24H,6-9H2,(H,25,26). The summed E-state index contributed by atoms with van der Waals surface area (Å²) in [7, 11) is 0. The van der Waals surface area contributed by atoms with Crippen molar-refractivity contribution in [2.45, 2.75) is 18.8 Å². The van der Waals surface area contributed by atoms with Crippen molar-refractivity contribution >= 4 is 22.5 Å². The van der Waals surface area contributed by atoms with Gasteiger partial charge in [-0.2, -0.15) is 5.26 Å². The van der Waals surface area contributed by atoms with Crippen LogP contribution in [-0.2, 0) is 0 Å². The van der Waals surface area contributed by atoms with E-state index in [9.17, 15) is 4.79 Å². The van der Waals surface area contributed by atoms with Gasteiger partial charge in [0.1, 0.15) is 0 Å². The van der Waals surface area contributed by atoms with Crippen molar-refractivity contribution in [1.82, 2.24) is 10.3 Å². The summed E-state index contributed by atoms with van der Waals surface area (Å²) in [5, 5.41) is 16.5. The van der Waals surface area contributed by atoms with Crippen LogP contribution in [0.4, 0.5) is 5.69 Å². The van der Waals surface area contributed by atoms with Gasteiger partial charge in [-0.25, -0.2) is 0 Å². The number of nitrogens with one attached hydrogen (secondary N) is 3. The SMILES string of the molecule is N#Cc1cccc(C(=O)Nc2ccc3[nH]cc(C4CCNCC4)c3c2)c1.